The molecule has 0 bridgehead atoms. The Morgan fingerprint density at radius 2 is 2.09 bits per heavy atom. The van der Waals surface area contributed by atoms with Crippen molar-refractivity contribution >= 4 is 28.6 Å². The van der Waals surface area contributed by atoms with Crippen molar-refractivity contribution < 1.29 is 9.53 Å². The molecule has 0 saturated carbocycles. The van der Waals surface area contributed by atoms with Crippen LogP contribution in [0.4, 0.5) is 11.4 Å². The molecule has 0 spiro atoms. The molecule has 1 heterocycles. The van der Waals surface area contributed by atoms with Crippen LogP contribution < -0.4 is 15.8 Å². The van der Waals surface area contributed by atoms with Crippen LogP contribution in [0.2, 0.25) is 0 Å². The van der Waals surface area contributed by atoms with Gasteiger partial charge < -0.3 is 15.8 Å². The number of carbonyl (C=O) groups excluding carboxylic acids is 1. The van der Waals surface area contributed by atoms with Gasteiger partial charge in [0.05, 0.1) is 12.8 Å². The Balaban J connectivity index is 1.83. The van der Waals surface area contributed by atoms with Crippen molar-refractivity contribution in [1.82, 2.24) is 0 Å². The predicted octanol–water partition coefficient (Wildman–Crippen LogP) is 3.92. The highest BCUT2D eigenvalue weighted by molar-refractivity contribution is 7.12. The van der Waals surface area contributed by atoms with Gasteiger partial charge in [-0.1, -0.05) is 0 Å². The molecule has 2 aromatic rings. The number of rotatable bonds is 6. The van der Waals surface area contributed by atoms with E-state index in [1.807, 2.05) is 11.3 Å². The SMILES string of the molecule is COc1ccc(NC(=O)CCCc2cc(C)sc2C)cc1N. The van der Waals surface area contributed by atoms with Crippen LogP contribution in [0.25, 0.3) is 0 Å². The molecule has 4 nitrogen and oxygen atoms in total. The maximum atomic E-state index is 12.0. The largest absolute Gasteiger partial charge is 0.495 e. The van der Waals surface area contributed by atoms with Crippen molar-refractivity contribution in [3.63, 3.8) is 0 Å². The Morgan fingerprint density at radius 1 is 1.32 bits per heavy atom. The zero-order valence-corrected chi connectivity index (χ0v) is 14.0. The highest BCUT2D eigenvalue weighted by Crippen LogP contribution is 2.25. The van der Waals surface area contributed by atoms with Gasteiger partial charge in [-0.2, -0.15) is 0 Å². The predicted molar refractivity (Wildman–Crippen MR) is 92.8 cm³/mol. The van der Waals surface area contributed by atoms with Crippen molar-refractivity contribution in [2.24, 2.45) is 0 Å². The summed E-state index contributed by atoms with van der Waals surface area (Å²) in [6, 6.07) is 7.47. The summed E-state index contributed by atoms with van der Waals surface area (Å²) < 4.78 is 5.10. The fourth-order valence-electron chi connectivity index (χ4n) is 2.41. The van der Waals surface area contributed by atoms with Gasteiger partial charge in [-0.15, -0.1) is 11.3 Å². The van der Waals surface area contributed by atoms with E-state index >= 15 is 0 Å². The number of hydrogen-bond acceptors (Lipinski definition) is 4. The monoisotopic (exact) mass is 318 g/mol. The summed E-state index contributed by atoms with van der Waals surface area (Å²) in [5, 5.41) is 2.87. The maximum Gasteiger partial charge on any atom is 0.224 e. The molecule has 0 unspecified atom stereocenters. The Kier molecular flexibility index (Phi) is 5.44. The van der Waals surface area contributed by atoms with Crippen LogP contribution in [0.1, 0.15) is 28.2 Å². The molecule has 0 saturated heterocycles. The summed E-state index contributed by atoms with van der Waals surface area (Å²) in [5.41, 5.74) is 8.40. The Morgan fingerprint density at radius 3 is 2.68 bits per heavy atom. The number of nitrogens with one attached hydrogen (secondary N) is 1. The van der Waals surface area contributed by atoms with Gasteiger partial charge in [-0.25, -0.2) is 0 Å². The van der Waals surface area contributed by atoms with E-state index in [-0.39, 0.29) is 5.91 Å². The number of amides is 1. The van der Waals surface area contributed by atoms with Gasteiger partial charge in [0.1, 0.15) is 5.75 Å². The third kappa shape index (κ3) is 4.24. The number of nitrogens with two attached hydrogens (primary N) is 1. The molecule has 0 aliphatic rings. The fourth-order valence-corrected chi connectivity index (χ4v) is 3.38. The smallest absolute Gasteiger partial charge is 0.224 e. The van der Waals surface area contributed by atoms with Crippen molar-refractivity contribution in [2.75, 3.05) is 18.2 Å². The van der Waals surface area contributed by atoms with E-state index in [4.69, 9.17) is 10.5 Å². The van der Waals surface area contributed by atoms with E-state index in [9.17, 15) is 4.79 Å². The third-order valence-corrected chi connectivity index (χ3v) is 4.52. The number of benzene rings is 1. The number of thiophene rings is 1. The molecule has 5 heteroatoms. The summed E-state index contributed by atoms with van der Waals surface area (Å²) in [6.45, 7) is 4.25. The number of carbonyl (C=O) groups is 1. The summed E-state index contributed by atoms with van der Waals surface area (Å²) >= 11 is 1.81. The Labute approximate surface area is 135 Å². The lowest BCUT2D eigenvalue weighted by atomic mass is 10.1. The van der Waals surface area contributed by atoms with Crippen LogP contribution in [0.5, 0.6) is 5.75 Å². The van der Waals surface area contributed by atoms with Gasteiger partial charge in [0.25, 0.3) is 0 Å². The van der Waals surface area contributed by atoms with Gasteiger partial charge >= 0.3 is 0 Å². The highest BCUT2D eigenvalue weighted by atomic mass is 32.1. The van der Waals surface area contributed by atoms with Crippen molar-refractivity contribution in [3.05, 3.63) is 39.6 Å². The molecule has 0 atom stereocenters. The summed E-state index contributed by atoms with van der Waals surface area (Å²) in [4.78, 5) is 14.7. The van der Waals surface area contributed by atoms with Gasteiger partial charge in [0.15, 0.2) is 0 Å². The van der Waals surface area contributed by atoms with Gasteiger partial charge in [-0.3, -0.25) is 4.79 Å². The van der Waals surface area contributed by atoms with E-state index in [1.165, 1.54) is 15.3 Å². The lowest BCUT2D eigenvalue weighted by molar-refractivity contribution is -0.116. The second-order valence-electron chi connectivity index (χ2n) is 5.30. The van der Waals surface area contributed by atoms with E-state index in [2.05, 4.69) is 25.2 Å². The molecule has 118 valence electrons. The van der Waals surface area contributed by atoms with Crippen LogP contribution in [-0.2, 0) is 11.2 Å². The van der Waals surface area contributed by atoms with Crippen LogP contribution in [0.15, 0.2) is 24.3 Å². The molecule has 0 aliphatic heterocycles. The average molecular weight is 318 g/mol. The second-order valence-corrected chi connectivity index (χ2v) is 6.76. The molecule has 1 aromatic carbocycles. The molecule has 3 N–H and O–H groups in total. The maximum absolute atomic E-state index is 12.0. The minimum absolute atomic E-state index is 0.00849. The van der Waals surface area contributed by atoms with Crippen LogP contribution in [0.3, 0.4) is 0 Å². The number of nitrogen functional groups attached to an aromatic ring is 1. The minimum Gasteiger partial charge on any atom is -0.495 e. The molecule has 0 radical (unpaired) electrons. The zero-order valence-electron chi connectivity index (χ0n) is 13.2. The van der Waals surface area contributed by atoms with Gasteiger partial charge in [0.2, 0.25) is 5.91 Å². The van der Waals surface area contributed by atoms with E-state index in [0.717, 1.165) is 12.8 Å². The molecular weight excluding hydrogens is 296 g/mol. The van der Waals surface area contributed by atoms with Gasteiger partial charge in [-0.05, 0) is 56.5 Å². The summed E-state index contributed by atoms with van der Waals surface area (Å²) in [7, 11) is 1.57. The quantitative estimate of drug-likeness (QED) is 0.794. The molecule has 0 aliphatic carbocycles. The number of anilines is 2. The number of hydrogen-bond donors (Lipinski definition) is 2. The second kappa shape index (κ2) is 7.31. The standard InChI is InChI=1S/C17H22N2O2S/c1-11-9-13(12(2)22-11)5-4-6-17(20)19-14-7-8-16(21-3)15(18)10-14/h7-10H,4-6,18H2,1-3H3,(H,19,20). The molecule has 0 fully saturated rings. The first-order valence-corrected chi connectivity index (χ1v) is 8.10. The number of methoxy groups -OCH3 is 1. The number of ether oxygens (including phenoxy) is 1. The van der Waals surface area contributed by atoms with Crippen LogP contribution >= 0.6 is 11.3 Å². The molecule has 1 aromatic heterocycles. The van der Waals surface area contributed by atoms with E-state index in [1.54, 1.807) is 25.3 Å². The first-order valence-electron chi connectivity index (χ1n) is 7.29. The lowest BCUT2D eigenvalue weighted by Crippen LogP contribution is -2.11. The first kappa shape index (κ1) is 16.4. The molecular formula is C17H22N2O2S. The number of aryl methyl sites for hydroxylation is 3. The van der Waals surface area contributed by atoms with Gasteiger partial charge in [0, 0.05) is 21.9 Å². The van der Waals surface area contributed by atoms with Crippen LogP contribution in [-0.4, -0.2) is 13.0 Å². The Bertz CT molecular complexity index is 665. The topological polar surface area (TPSA) is 64.3 Å². The summed E-state index contributed by atoms with van der Waals surface area (Å²) in [6.07, 6.45) is 2.28. The molecule has 22 heavy (non-hydrogen) atoms. The molecule has 2 rings (SSSR count). The first-order chi connectivity index (χ1) is 10.5. The summed E-state index contributed by atoms with van der Waals surface area (Å²) in [5.74, 6) is 0.621. The van der Waals surface area contributed by atoms with E-state index < -0.39 is 0 Å². The average Bonchev–Trinajstić information content (AvgIpc) is 2.77. The Hall–Kier alpha value is -2.01. The van der Waals surface area contributed by atoms with Crippen molar-refractivity contribution in [3.8, 4) is 5.75 Å². The lowest BCUT2D eigenvalue weighted by Gasteiger charge is -2.08. The third-order valence-electron chi connectivity index (χ3n) is 3.51. The normalized spacial score (nSPS) is 10.5. The zero-order chi connectivity index (χ0) is 16.1. The van der Waals surface area contributed by atoms with Crippen molar-refractivity contribution in [2.45, 2.75) is 33.1 Å². The van der Waals surface area contributed by atoms with E-state index in [0.29, 0.717) is 23.5 Å². The fraction of sp³-hybridized carbons (Fsp3) is 0.353. The molecule has 1 amide bonds. The highest BCUT2D eigenvalue weighted by Gasteiger charge is 2.07. The minimum atomic E-state index is 0.00849. The van der Waals surface area contributed by atoms with Crippen molar-refractivity contribution in [1.29, 1.82) is 0 Å². The van der Waals surface area contributed by atoms with Crippen LogP contribution in [0, 0.1) is 13.8 Å².